The molecule has 29 heavy (non-hydrogen) atoms. The molecule has 1 heterocycles. The second-order valence-corrected chi connectivity index (χ2v) is 5.92. The number of hydrogen-bond acceptors (Lipinski definition) is 5. The lowest BCUT2D eigenvalue weighted by Crippen LogP contribution is -2.38. The number of nitrogens with one attached hydrogen (secondary N) is 2. The molecule has 0 atom stereocenters. The van der Waals surface area contributed by atoms with Crippen LogP contribution in [0.25, 0.3) is 0 Å². The Morgan fingerprint density at radius 1 is 1.14 bits per heavy atom. The Bertz CT molecular complexity index is 829. The molecule has 0 fully saturated rings. The maximum atomic E-state index is 5.74. The molecule has 0 saturated carbocycles. The third-order valence-corrected chi connectivity index (χ3v) is 4.01. The van der Waals surface area contributed by atoms with Gasteiger partial charge in [-0.25, -0.2) is 0 Å². The Balaban J connectivity index is 0.00000300. The van der Waals surface area contributed by atoms with Crippen molar-refractivity contribution in [3.8, 4) is 23.0 Å². The van der Waals surface area contributed by atoms with Crippen molar-refractivity contribution in [2.45, 2.75) is 6.54 Å². The van der Waals surface area contributed by atoms with Crippen molar-refractivity contribution in [1.82, 2.24) is 10.6 Å². The molecule has 0 bridgehead atoms. The van der Waals surface area contributed by atoms with Crippen molar-refractivity contribution < 1.29 is 18.9 Å². The molecule has 2 aromatic rings. The second kappa shape index (κ2) is 12.1. The summed E-state index contributed by atoms with van der Waals surface area (Å²) in [6.07, 6.45) is 1.73. The highest BCUT2D eigenvalue weighted by molar-refractivity contribution is 14.0. The first-order chi connectivity index (χ1) is 13.8. The number of nitrogens with zero attached hydrogens (tertiary/aromatic N) is 1. The highest BCUT2D eigenvalue weighted by atomic mass is 127. The highest BCUT2D eigenvalue weighted by Crippen LogP contribution is 2.34. The number of ether oxygens (including phenoxy) is 4. The van der Waals surface area contributed by atoms with Crippen LogP contribution in [0, 0.1) is 0 Å². The van der Waals surface area contributed by atoms with Gasteiger partial charge in [-0.15, -0.1) is 24.0 Å². The zero-order valence-corrected chi connectivity index (χ0v) is 18.7. The summed E-state index contributed by atoms with van der Waals surface area (Å²) in [7, 11) is 1.73. The number of aliphatic imine (C=N–C) groups is 1. The van der Waals surface area contributed by atoms with Gasteiger partial charge in [-0.1, -0.05) is 30.9 Å². The molecule has 2 N–H and O–H groups in total. The summed E-state index contributed by atoms with van der Waals surface area (Å²) < 4.78 is 22.1. The van der Waals surface area contributed by atoms with Crippen molar-refractivity contribution in [3.05, 3.63) is 60.7 Å². The normalized spacial score (nSPS) is 12.0. The zero-order chi connectivity index (χ0) is 19.6. The number of fused-ring (bicyclic) bond motifs is 1. The summed E-state index contributed by atoms with van der Waals surface area (Å²) in [5.41, 5.74) is 1.05. The summed E-state index contributed by atoms with van der Waals surface area (Å²) in [6.45, 7) is 6.08. The molecule has 0 radical (unpaired) electrons. The number of benzene rings is 2. The molecular weight excluding hydrogens is 485 g/mol. The Kier molecular flexibility index (Phi) is 9.42. The van der Waals surface area contributed by atoms with Crippen molar-refractivity contribution in [2.24, 2.45) is 4.99 Å². The van der Waals surface area contributed by atoms with Gasteiger partial charge in [0, 0.05) is 25.2 Å². The van der Waals surface area contributed by atoms with E-state index in [4.69, 9.17) is 18.9 Å². The van der Waals surface area contributed by atoms with Crippen LogP contribution in [-0.4, -0.2) is 39.6 Å². The lowest BCUT2D eigenvalue weighted by Gasteiger charge is -2.14. The quantitative estimate of drug-likeness (QED) is 0.177. The van der Waals surface area contributed by atoms with E-state index in [2.05, 4.69) is 22.2 Å². The number of rotatable bonds is 9. The Labute approximate surface area is 188 Å². The fourth-order valence-electron chi connectivity index (χ4n) is 2.64. The Hall–Kier alpha value is -2.62. The first-order valence-electron chi connectivity index (χ1n) is 9.08. The first kappa shape index (κ1) is 22.7. The minimum absolute atomic E-state index is 0. The van der Waals surface area contributed by atoms with E-state index in [0.717, 1.165) is 22.8 Å². The smallest absolute Gasteiger partial charge is 0.231 e. The molecule has 0 unspecified atom stereocenters. The Morgan fingerprint density at radius 2 is 1.97 bits per heavy atom. The van der Waals surface area contributed by atoms with E-state index in [1.807, 2.05) is 42.5 Å². The number of guanidine groups is 1. The van der Waals surface area contributed by atoms with Crippen molar-refractivity contribution in [3.63, 3.8) is 0 Å². The van der Waals surface area contributed by atoms with Crippen LogP contribution in [0.4, 0.5) is 0 Å². The van der Waals surface area contributed by atoms with Crippen LogP contribution in [0.15, 0.2) is 60.1 Å². The average molecular weight is 511 g/mol. The summed E-state index contributed by atoms with van der Waals surface area (Å²) in [4.78, 5) is 4.23. The maximum absolute atomic E-state index is 5.74. The van der Waals surface area contributed by atoms with E-state index in [0.29, 0.717) is 38.0 Å². The average Bonchev–Trinajstić information content (AvgIpc) is 3.20. The summed E-state index contributed by atoms with van der Waals surface area (Å²) in [5.74, 6) is 3.71. The molecule has 0 aliphatic carbocycles. The molecular formula is C21H26IN3O4. The van der Waals surface area contributed by atoms with E-state index in [1.54, 1.807) is 13.1 Å². The van der Waals surface area contributed by atoms with E-state index in [9.17, 15) is 0 Å². The minimum Gasteiger partial charge on any atom is -0.492 e. The molecule has 0 amide bonds. The van der Waals surface area contributed by atoms with Crippen LogP contribution in [0.2, 0.25) is 0 Å². The molecule has 1 aliphatic heterocycles. The molecule has 8 heteroatoms. The van der Waals surface area contributed by atoms with Gasteiger partial charge >= 0.3 is 0 Å². The highest BCUT2D eigenvalue weighted by Gasteiger charge is 2.13. The van der Waals surface area contributed by atoms with Gasteiger partial charge in [0.05, 0.1) is 6.54 Å². The SMILES string of the molecule is C=CCOc1ccccc1CNC(=NC)NCCOc1ccc2c(c1)OCO2.I. The van der Waals surface area contributed by atoms with E-state index < -0.39 is 0 Å². The fourth-order valence-corrected chi connectivity index (χ4v) is 2.64. The predicted molar refractivity (Wildman–Crippen MR) is 124 cm³/mol. The van der Waals surface area contributed by atoms with E-state index in [1.165, 1.54) is 0 Å². The number of halogens is 1. The van der Waals surface area contributed by atoms with Gasteiger partial charge in [0.2, 0.25) is 6.79 Å². The lowest BCUT2D eigenvalue weighted by molar-refractivity contribution is 0.173. The molecule has 1 aliphatic rings. The van der Waals surface area contributed by atoms with Gasteiger partial charge in [0.25, 0.3) is 0 Å². The second-order valence-electron chi connectivity index (χ2n) is 5.92. The van der Waals surface area contributed by atoms with E-state index >= 15 is 0 Å². The van der Waals surface area contributed by atoms with Crippen LogP contribution in [0.1, 0.15) is 5.56 Å². The van der Waals surface area contributed by atoms with E-state index in [-0.39, 0.29) is 30.8 Å². The summed E-state index contributed by atoms with van der Waals surface area (Å²) >= 11 is 0. The molecule has 0 spiro atoms. The summed E-state index contributed by atoms with van der Waals surface area (Å²) in [5, 5.41) is 6.50. The number of hydrogen-bond donors (Lipinski definition) is 2. The molecule has 3 rings (SSSR count). The van der Waals surface area contributed by atoms with Crippen LogP contribution in [0.3, 0.4) is 0 Å². The first-order valence-corrected chi connectivity index (χ1v) is 9.08. The molecule has 0 saturated heterocycles. The van der Waals surface area contributed by atoms with Crippen LogP contribution in [-0.2, 0) is 6.54 Å². The van der Waals surface area contributed by atoms with Crippen LogP contribution in [0.5, 0.6) is 23.0 Å². The van der Waals surface area contributed by atoms with Gasteiger partial charge in [-0.3, -0.25) is 4.99 Å². The molecule has 2 aromatic carbocycles. The third-order valence-electron chi connectivity index (χ3n) is 4.01. The Morgan fingerprint density at radius 3 is 2.79 bits per heavy atom. The molecule has 7 nitrogen and oxygen atoms in total. The number of para-hydroxylation sites is 1. The predicted octanol–water partition coefficient (Wildman–Crippen LogP) is 3.34. The summed E-state index contributed by atoms with van der Waals surface area (Å²) in [6, 6.07) is 13.4. The lowest BCUT2D eigenvalue weighted by atomic mass is 10.2. The molecule has 0 aromatic heterocycles. The van der Waals surface area contributed by atoms with Crippen molar-refractivity contribution in [2.75, 3.05) is 33.6 Å². The van der Waals surface area contributed by atoms with Gasteiger partial charge in [0.15, 0.2) is 17.5 Å². The van der Waals surface area contributed by atoms with Gasteiger partial charge in [-0.05, 0) is 18.2 Å². The van der Waals surface area contributed by atoms with Crippen LogP contribution >= 0.6 is 24.0 Å². The maximum Gasteiger partial charge on any atom is 0.231 e. The van der Waals surface area contributed by atoms with Crippen molar-refractivity contribution in [1.29, 1.82) is 0 Å². The standard InChI is InChI=1S/C21H25N3O4.HI/c1-3-11-26-18-7-5-4-6-16(18)14-24-21(22-2)23-10-12-25-17-8-9-19-20(13-17)28-15-27-19;/h3-9,13H,1,10-12,14-15H2,2H3,(H2,22,23,24);1H. The van der Waals surface area contributed by atoms with Gasteiger partial charge < -0.3 is 29.6 Å². The third kappa shape index (κ3) is 6.74. The topological polar surface area (TPSA) is 73.3 Å². The van der Waals surface area contributed by atoms with Gasteiger partial charge in [-0.2, -0.15) is 0 Å². The largest absolute Gasteiger partial charge is 0.492 e. The molecule has 156 valence electrons. The minimum atomic E-state index is 0. The monoisotopic (exact) mass is 511 g/mol. The fraction of sp³-hybridized carbons (Fsp3) is 0.286. The van der Waals surface area contributed by atoms with Gasteiger partial charge in [0.1, 0.15) is 24.7 Å². The van der Waals surface area contributed by atoms with Crippen molar-refractivity contribution >= 4 is 29.9 Å². The van der Waals surface area contributed by atoms with Crippen LogP contribution < -0.4 is 29.6 Å². The zero-order valence-electron chi connectivity index (χ0n) is 16.3.